The van der Waals surface area contributed by atoms with Crippen LogP contribution in [0.4, 0.5) is 15.8 Å². The molecule has 8 nitrogen and oxygen atoms in total. The SMILES string of the molecule is O=C(CN(c1ccc(F)cc1)S(=O)(=O)c1ccccc1)Nc1ccc(S(=O)(=O)N2CCCC2)cc1. The lowest BCUT2D eigenvalue weighted by Crippen LogP contribution is -2.38. The summed E-state index contributed by atoms with van der Waals surface area (Å²) in [4.78, 5) is 12.9. The normalized spacial score (nSPS) is 14.5. The predicted molar refractivity (Wildman–Crippen MR) is 130 cm³/mol. The summed E-state index contributed by atoms with van der Waals surface area (Å²) in [6.07, 6.45) is 1.65. The van der Waals surface area contributed by atoms with E-state index in [9.17, 15) is 26.0 Å². The van der Waals surface area contributed by atoms with E-state index in [1.807, 2.05) is 0 Å². The Morgan fingerprint density at radius 1 is 0.829 bits per heavy atom. The fourth-order valence-corrected chi connectivity index (χ4v) is 6.72. The van der Waals surface area contributed by atoms with Gasteiger partial charge in [-0.1, -0.05) is 18.2 Å². The minimum Gasteiger partial charge on any atom is -0.325 e. The van der Waals surface area contributed by atoms with Gasteiger partial charge in [-0.3, -0.25) is 9.10 Å². The molecule has 0 spiro atoms. The third kappa shape index (κ3) is 5.53. The van der Waals surface area contributed by atoms with Crippen molar-refractivity contribution in [1.29, 1.82) is 0 Å². The number of halogens is 1. The molecule has 4 rings (SSSR count). The standard InChI is InChI=1S/C24H24FN3O5S2/c25-19-8-12-21(13-9-19)28(35(32,33)22-6-2-1-3-7-22)18-24(29)26-20-10-14-23(15-11-20)34(30,31)27-16-4-5-17-27/h1-3,6-15H,4-5,16-18H2,(H,26,29). The summed E-state index contributed by atoms with van der Waals surface area (Å²) >= 11 is 0. The first-order valence-electron chi connectivity index (χ1n) is 10.9. The number of hydrogen-bond donors (Lipinski definition) is 1. The van der Waals surface area contributed by atoms with Gasteiger partial charge in [-0.05, 0) is 73.5 Å². The van der Waals surface area contributed by atoms with Gasteiger partial charge in [-0.15, -0.1) is 0 Å². The van der Waals surface area contributed by atoms with Gasteiger partial charge in [0.1, 0.15) is 12.4 Å². The summed E-state index contributed by atoms with van der Waals surface area (Å²) in [5.41, 5.74) is 0.434. The molecule has 184 valence electrons. The number of hydrogen-bond acceptors (Lipinski definition) is 5. The van der Waals surface area contributed by atoms with E-state index in [-0.39, 0.29) is 15.5 Å². The van der Waals surface area contributed by atoms with Crippen molar-refractivity contribution < 1.29 is 26.0 Å². The maximum Gasteiger partial charge on any atom is 0.264 e. The van der Waals surface area contributed by atoms with Gasteiger partial charge in [-0.2, -0.15) is 4.31 Å². The van der Waals surface area contributed by atoms with Gasteiger partial charge in [-0.25, -0.2) is 21.2 Å². The molecule has 1 heterocycles. The molecule has 35 heavy (non-hydrogen) atoms. The molecular formula is C24H24FN3O5S2. The van der Waals surface area contributed by atoms with Crippen molar-refractivity contribution >= 4 is 37.3 Å². The van der Waals surface area contributed by atoms with Crippen molar-refractivity contribution in [2.45, 2.75) is 22.6 Å². The molecule has 0 aromatic heterocycles. The van der Waals surface area contributed by atoms with E-state index in [1.54, 1.807) is 18.2 Å². The summed E-state index contributed by atoms with van der Waals surface area (Å²) in [5.74, 6) is -1.19. The number of carbonyl (C=O) groups is 1. The van der Waals surface area contributed by atoms with E-state index >= 15 is 0 Å². The fraction of sp³-hybridized carbons (Fsp3) is 0.208. The molecule has 0 aliphatic carbocycles. The van der Waals surface area contributed by atoms with Crippen LogP contribution in [0.25, 0.3) is 0 Å². The number of carbonyl (C=O) groups excluding carboxylic acids is 1. The zero-order chi connectivity index (χ0) is 25.1. The number of benzene rings is 3. The summed E-state index contributed by atoms with van der Waals surface area (Å²) in [5, 5.41) is 2.60. The van der Waals surface area contributed by atoms with Crippen molar-refractivity contribution in [2.24, 2.45) is 0 Å². The smallest absolute Gasteiger partial charge is 0.264 e. The number of rotatable bonds is 8. The van der Waals surface area contributed by atoms with E-state index in [1.165, 1.54) is 52.8 Å². The molecule has 0 bridgehead atoms. The molecular weight excluding hydrogens is 493 g/mol. The fourth-order valence-electron chi connectivity index (χ4n) is 3.76. The lowest BCUT2D eigenvalue weighted by molar-refractivity contribution is -0.114. The van der Waals surface area contributed by atoms with Crippen molar-refractivity contribution in [2.75, 3.05) is 29.3 Å². The van der Waals surface area contributed by atoms with Gasteiger partial charge < -0.3 is 5.32 Å². The van der Waals surface area contributed by atoms with E-state index < -0.39 is 38.3 Å². The third-order valence-corrected chi connectivity index (χ3v) is 9.27. The summed E-state index contributed by atoms with van der Waals surface area (Å²) in [7, 11) is -7.71. The Balaban J connectivity index is 1.54. The van der Waals surface area contributed by atoms with E-state index in [0.29, 0.717) is 18.8 Å². The van der Waals surface area contributed by atoms with Crippen LogP contribution in [0.5, 0.6) is 0 Å². The van der Waals surface area contributed by atoms with Crippen molar-refractivity contribution in [3.05, 3.63) is 84.7 Å². The number of amides is 1. The van der Waals surface area contributed by atoms with Gasteiger partial charge in [0.05, 0.1) is 15.5 Å². The van der Waals surface area contributed by atoms with Crippen LogP contribution in [-0.2, 0) is 24.8 Å². The van der Waals surface area contributed by atoms with Crippen molar-refractivity contribution in [1.82, 2.24) is 4.31 Å². The van der Waals surface area contributed by atoms with Gasteiger partial charge in [0.25, 0.3) is 10.0 Å². The zero-order valence-corrected chi connectivity index (χ0v) is 20.3. The summed E-state index contributed by atoms with van der Waals surface area (Å²) in [6.45, 7) is 0.391. The molecule has 0 radical (unpaired) electrons. The molecule has 3 aromatic rings. The Hall–Kier alpha value is -3.28. The van der Waals surface area contributed by atoms with E-state index in [4.69, 9.17) is 0 Å². The average Bonchev–Trinajstić information content (AvgIpc) is 3.40. The molecule has 3 aromatic carbocycles. The molecule has 1 aliphatic rings. The second-order valence-electron chi connectivity index (χ2n) is 7.98. The lowest BCUT2D eigenvalue weighted by atomic mass is 10.3. The van der Waals surface area contributed by atoms with Crippen LogP contribution in [-0.4, -0.2) is 46.7 Å². The van der Waals surface area contributed by atoms with Gasteiger partial charge >= 0.3 is 0 Å². The average molecular weight is 518 g/mol. The Bertz CT molecular complexity index is 1390. The predicted octanol–water partition coefficient (Wildman–Crippen LogP) is 3.44. The first-order chi connectivity index (χ1) is 16.7. The molecule has 1 saturated heterocycles. The zero-order valence-electron chi connectivity index (χ0n) is 18.7. The largest absolute Gasteiger partial charge is 0.325 e. The molecule has 0 unspecified atom stereocenters. The van der Waals surface area contributed by atoms with Gasteiger partial charge in [0.15, 0.2) is 0 Å². The Labute approximate surface area is 204 Å². The van der Waals surface area contributed by atoms with Crippen LogP contribution in [0.15, 0.2) is 88.7 Å². The van der Waals surface area contributed by atoms with E-state index in [0.717, 1.165) is 29.3 Å². The van der Waals surface area contributed by atoms with Crippen LogP contribution >= 0.6 is 0 Å². The number of nitrogens with one attached hydrogen (secondary N) is 1. The van der Waals surface area contributed by atoms with Crippen LogP contribution < -0.4 is 9.62 Å². The quantitative estimate of drug-likeness (QED) is 0.493. The third-order valence-electron chi connectivity index (χ3n) is 5.57. The molecule has 0 atom stereocenters. The molecule has 1 fully saturated rings. The highest BCUT2D eigenvalue weighted by atomic mass is 32.2. The van der Waals surface area contributed by atoms with Gasteiger partial charge in [0.2, 0.25) is 15.9 Å². The van der Waals surface area contributed by atoms with Crippen molar-refractivity contribution in [3.8, 4) is 0 Å². The highest BCUT2D eigenvalue weighted by Crippen LogP contribution is 2.25. The maximum atomic E-state index is 13.4. The molecule has 0 saturated carbocycles. The van der Waals surface area contributed by atoms with Crippen LogP contribution in [0.3, 0.4) is 0 Å². The molecule has 1 amide bonds. The minimum atomic E-state index is -4.12. The monoisotopic (exact) mass is 517 g/mol. The topological polar surface area (TPSA) is 104 Å². The lowest BCUT2D eigenvalue weighted by Gasteiger charge is -2.24. The highest BCUT2D eigenvalue weighted by molar-refractivity contribution is 7.92. The first kappa shape index (κ1) is 24.8. The van der Waals surface area contributed by atoms with Crippen molar-refractivity contribution in [3.63, 3.8) is 0 Å². The number of anilines is 2. The second-order valence-corrected chi connectivity index (χ2v) is 11.8. The molecule has 11 heteroatoms. The minimum absolute atomic E-state index is 0.0198. The molecule has 1 N–H and O–H groups in total. The summed E-state index contributed by atoms with van der Waals surface area (Å²) in [6, 6.07) is 18.1. The summed E-state index contributed by atoms with van der Waals surface area (Å²) < 4.78 is 67.7. The van der Waals surface area contributed by atoms with Gasteiger partial charge in [0, 0.05) is 18.8 Å². The molecule has 1 aliphatic heterocycles. The Kier molecular flexibility index (Phi) is 7.20. The Morgan fingerprint density at radius 2 is 1.43 bits per heavy atom. The van der Waals surface area contributed by atoms with E-state index in [2.05, 4.69) is 5.32 Å². The second kappa shape index (κ2) is 10.1. The highest BCUT2D eigenvalue weighted by Gasteiger charge is 2.28. The first-order valence-corrected chi connectivity index (χ1v) is 13.8. The Morgan fingerprint density at radius 3 is 2.03 bits per heavy atom. The number of nitrogens with zero attached hydrogens (tertiary/aromatic N) is 2. The van der Waals surface area contributed by atoms with Crippen LogP contribution in [0.2, 0.25) is 0 Å². The maximum absolute atomic E-state index is 13.4. The number of sulfonamides is 2. The van der Waals surface area contributed by atoms with Crippen LogP contribution in [0.1, 0.15) is 12.8 Å². The van der Waals surface area contributed by atoms with Crippen LogP contribution in [0, 0.1) is 5.82 Å².